The molecule has 2 amide bonds. The SMILES string of the molecule is CC(=O)N1CCC(N(C)C=O)C1. The molecular formula is C8H14N2O2. The summed E-state index contributed by atoms with van der Waals surface area (Å²) in [6.45, 7) is 3.02. The van der Waals surface area contributed by atoms with Gasteiger partial charge in [-0.05, 0) is 6.42 Å². The van der Waals surface area contributed by atoms with Crippen LogP contribution in [0.15, 0.2) is 0 Å². The molecule has 12 heavy (non-hydrogen) atoms. The van der Waals surface area contributed by atoms with E-state index in [-0.39, 0.29) is 11.9 Å². The largest absolute Gasteiger partial charge is 0.343 e. The predicted octanol–water partition coefficient (Wildman–Crippen LogP) is -0.305. The summed E-state index contributed by atoms with van der Waals surface area (Å²) in [6, 6.07) is 0.214. The zero-order valence-corrected chi connectivity index (χ0v) is 7.49. The third-order valence-electron chi connectivity index (χ3n) is 2.35. The van der Waals surface area contributed by atoms with Gasteiger partial charge in [0.15, 0.2) is 0 Å². The molecule has 1 aliphatic rings. The Kier molecular flexibility index (Phi) is 2.68. The van der Waals surface area contributed by atoms with E-state index in [1.54, 1.807) is 23.8 Å². The summed E-state index contributed by atoms with van der Waals surface area (Å²) in [5.41, 5.74) is 0. The fourth-order valence-electron chi connectivity index (χ4n) is 1.45. The predicted molar refractivity (Wildman–Crippen MR) is 44.5 cm³/mol. The second-order valence-electron chi connectivity index (χ2n) is 3.18. The average molecular weight is 170 g/mol. The van der Waals surface area contributed by atoms with Crippen LogP contribution < -0.4 is 0 Å². The Balaban J connectivity index is 2.45. The van der Waals surface area contributed by atoms with Crippen LogP contribution in [0.3, 0.4) is 0 Å². The zero-order valence-electron chi connectivity index (χ0n) is 7.49. The number of hydrogen-bond donors (Lipinski definition) is 0. The van der Waals surface area contributed by atoms with Gasteiger partial charge in [-0.3, -0.25) is 9.59 Å². The monoisotopic (exact) mass is 170 g/mol. The molecule has 1 rings (SSSR count). The van der Waals surface area contributed by atoms with Crippen molar-refractivity contribution < 1.29 is 9.59 Å². The third-order valence-corrected chi connectivity index (χ3v) is 2.35. The number of carbonyl (C=O) groups is 2. The van der Waals surface area contributed by atoms with Gasteiger partial charge in [0.25, 0.3) is 0 Å². The van der Waals surface area contributed by atoms with Gasteiger partial charge in [0.1, 0.15) is 0 Å². The van der Waals surface area contributed by atoms with E-state index in [1.807, 2.05) is 0 Å². The minimum atomic E-state index is 0.0943. The van der Waals surface area contributed by atoms with Crippen molar-refractivity contribution in [2.75, 3.05) is 20.1 Å². The van der Waals surface area contributed by atoms with Gasteiger partial charge in [0.05, 0.1) is 6.04 Å². The first-order valence-corrected chi connectivity index (χ1v) is 4.08. The second-order valence-corrected chi connectivity index (χ2v) is 3.18. The van der Waals surface area contributed by atoms with E-state index in [0.29, 0.717) is 6.54 Å². The minimum absolute atomic E-state index is 0.0943. The number of hydrogen-bond acceptors (Lipinski definition) is 2. The molecule has 1 saturated heterocycles. The van der Waals surface area contributed by atoms with Crippen molar-refractivity contribution >= 4 is 12.3 Å². The van der Waals surface area contributed by atoms with Crippen LogP contribution >= 0.6 is 0 Å². The van der Waals surface area contributed by atoms with Crippen LogP contribution in [0.5, 0.6) is 0 Å². The third kappa shape index (κ3) is 1.75. The van der Waals surface area contributed by atoms with Crippen molar-refractivity contribution in [1.29, 1.82) is 0 Å². The van der Waals surface area contributed by atoms with E-state index in [4.69, 9.17) is 0 Å². The first-order valence-electron chi connectivity index (χ1n) is 4.08. The average Bonchev–Trinajstić information content (AvgIpc) is 2.51. The quantitative estimate of drug-likeness (QED) is 0.534. The smallest absolute Gasteiger partial charge is 0.219 e. The Labute approximate surface area is 72.1 Å². The maximum Gasteiger partial charge on any atom is 0.219 e. The lowest BCUT2D eigenvalue weighted by Gasteiger charge is -2.19. The Bertz CT molecular complexity index is 193. The van der Waals surface area contributed by atoms with Crippen LogP contribution in [0.4, 0.5) is 0 Å². The van der Waals surface area contributed by atoms with Gasteiger partial charge >= 0.3 is 0 Å². The Morgan fingerprint density at radius 1 is 1.67 bits per heavy atom. The lowest BCUT2D eigenvalue weighted by atomic mass is 10.2. The number of nitrogens with zero attached hydrogens (tertiary/aromatic N) is 2. The van der Waals surface area contributed by atoms with Crippen LogP contribution in [-0.2, 0) is 9.59 Å². The van der Waals surface area contributed by atoms with Gasteiger partial charge in [0.2, 0.25) is 12.3 Å². The molecule has 0 bridgehead atoms. The maximum atomic E-state index is 10.9. The molecule has 1 aliphatic heterocycles. The summed E-state index contributed by atoms with van der Waals surface area (Å²) in [5.74, 6) is 0.0943. The number of likely N-dealkylation sites (N-methyl/N-ethyl adjacent to an activating group) is 1. The van der Waals surface area contributed by atoms with E-state index < -0.39 is 0 Å². The van der Waals surface area contributed by atoms with E-state index in [1.165, 1.54) is 0 Å². The van der Waals surface area contributed by atoms with Crippen molar-refractivity contribution in [3.8, 4) is 0 Å². The van der Waals surface area contributed by atoms with E-state index in [0.717, 1.165) is 19.4 Å². The normalized spacial score (nSPS) is 22.5. The van der Waals surface area contributed by atoms with Gasteiger partial charge in [0, 0.05) is 27.1 Å². The molecule has 0 saturated carbocycles. The maximum absolute atomic E-state index is 10.9. The number of carbonyl (C=O) groups excluding carboxylic acids is 2. The lowest BCUT2D eigenvalue weighted by molar-refractivity contribution is -0.128. The van der Waals surface area contributed by atoms with Gasteiger partial charge in [-0.25, -0.2) is 0 Å². The molecule has 1 fully saturated rings. The van der Waals surface area contributed by atoms with Crippen molar-refractivity contribution in [2.24, 2.45) is 0 Å². The zero-order chi connectivity index (χ0) is 9.14. The molecule has 0 aromatic rings. The van der Waals surface area contributed by atoms with Crippen LogP contribution in [0.2, 0.25) is 0 Å². The van der Waals surface area contributed by atoms with Crippen molar-refractivity contribution in [2.45, 2.75) is 19.4 Å². The molecule has 4 heteroatoms. The highest BCUT2D eigenvalue weighted by Gasteiger charge is 2.26. The molecule has 0 radical (unpaired) electrons. The molecule has 0 N–H and O–H groups in total. The highest BCUT2D eigenvalue weighted by atomic mass is 16.2. The Morgan fingerprint density at radius 3 is 2.75 bits per heavy atom. The Morgan fingerprint density at radius 2 is 2.33 bits per heavy atom. The number of amides is 2. The molecule has 1 unspecified atom stereocenters. The fraction of sp³-hybridized carbons (Fsp3) is 0.750. The molecular weight excluding hydrogens is 156 g/mol. The van der Waals surface area contributed by atoms with Gasteiger partial charge in [-0.15, -0.1) is 0 Å². The van der Waals surface area contributed by atoms with E-state index in [9.17, 15) is 9.59 Å². The standard InChI is InChI=1S/C8H14N2O2/c1-7(12)10-4-3-8(5-10)9(2)6-11/h6,8H,3-5H2,1-2H3. The van der Waals surface area contributed by atoms with Crippen LogP contribution in [0.1, 0.15) is 13.3 Å². The van der Waals surface area contributed by atoms with Gasteiger partial charge in [-0.2, -0.15) is 0 Å². The van der Waals surface area contributed by atoms with Crippen LogP contribution in [0.25, 0.3) is 0 Å². The highest BCUT2D eigenvalue weighted by Crippen LogP contribution is 2.12. The summed E-state index contributed by atoms with van der Waals surface area (Å²) in [5, 5.41) is 0. The number of rotatable bonds is 2. The summed E-state index contributed by atoms with van der Waals surface area (Å²) >= 11 is 0. The Hall–Kier alpha value is -1.06. The topological polar surface area (TPSA) is 40.6 Å². The summed E-state index contributed by atoms with van der Waals surface area (Å²) in [6.07, 6.45) is 1.71. The summed E-state index contributed by atoms with van der Waals surface area (Å²) < 4.78 is 0. The summed E-state index contributed by atoms with van der Waals surface area (Å²) in [7, 11) is 1.75. The molecule has 0 aromatic carbocycles. The van der Waals surface area contributed by atoms with Crippen molar-refractivity contribution in [1.82, 2.24) is 9.80 Å². The molecule has 0 spiro atoms. The van der Waals surface area contributed by atoms with E-state index >= 15 is 0 Å². The molecule has 0 aliphatic carbocycles. The highest BCUT2D eigenvalue weighted by molar-refractivity contribution is 5.73. The molecule has 1 atom stereocenters. The van der Waals surface area contributed by atoms with Gasteiger partial charge in [-0.1, -0.05) is 0 Å². The number of likely N-dealkylation sites (tertiary alicyclic amines) is 1. The van der Waals surface area contributed by atoms with Crippen LogP contribution in [-0.4, -0.2) is 48.3 Å². The van der Waals surface area contributed by atoms with E-state index in [2.05, 4.69) is 0 Å². The molecule has 4 nitrogen and oxygen atoms in total. The minimum Gasteiger partial charge on any atom is -0.343 e. The first kappa shape index (κ1) is 9.03. The lowest BCUT2D eigenvalue weighted by Crippen LogP contribution is -2.34. The summed E-state index contributed by atoms with van der Waals surface area (Å²) in [4.78, 5) is 24.7. The molecule has 0 aromatic heterocycles. The fourth-order valence-corrected chi connectivity index (χ4v) is 1.45. The van der Waals surface area contributed by atoms with Gasteiger partial charge < -0.3 is 9.80 Å². The van der Waals surface area contributed by atoms with Crippen molar-refractivity contribution in [3.63, 3.8) is 0 Å². The second kappa shape index (κ2) is 3.56. The van der Waals surface area contributed by atoms with Crippen LogP contribution in [0, 0.1) is 0 Å². The first-order chi connectivity index (χ1) is 5.65. The van der Waals surface area contributed by atoms with Crippen molar-refractivity contribution in [3.05, 3.63) is 0 Å². The molecule has 68 valence electrons. The molecule has 1 heterocycles.